The minimum atomic E-state index is 0.0677. The molecule has 130 heavy (non-hydrogen) atoms. The first-order valence-electron chi connectivity index (χ1n) is 47.2. The molecule has 10 heterocycles. The Morgan fingerprint density at radius 3 is 1.07 bits per heavy atom. The lowest BCUT2D eigenvalue weighted by Gasteiger charge is -2.34. The van der Waals surface area contributed by atoms with E-state index >= 15 is 0 Å². The number of benzene rings is 7. The average Bonchev–Trinajstić information content (AvgIpc) is 1.61. The fourth-order valence-electron chi connectivity index (χ4n) is 19.9. The molecule has 16 heteroatoms. The summed E-state index contributed by atoms with van der Waals surface area (Å²) >= 11 is 0. The minimum Gasteiger partial charge on any atom is -0.353 e. The van der Waals surface area contributed by atoms with Gasteiger partial charge < -0.3 is 49.0 Å². The third kappa shape index (κ3) is 19.4. The van der Waals surface area contributed by atoms with E-state index in [2.05, 4.69) is 548 Å². The fraction of sp³-hybridized carbons (Fsp3) is 0.368. The Morgan fingerprint density at radius 2 is 0.646 bits per heavy atom. The second-order valence-corrected chi connectivity index (χ2v) is 38.6. The van der Waals surface area contributed by atoms with Crippen LogP contribution in [0, 0.1) is 90.0 Å². The highest BCUT2D eigenvalue weighted by atomic mass is 15.4. The number of nitrogens with zero attached hydrogens (tertiary/aromatic N) is 16. The number of aryl methyl sites for hydroxylation is 8. The molecule has 5 aromatic heterocycles. The number of fused-ring (bicyclic) bond motifs is 2. The minimum absolute atomic E-state index is 0.0677. The van der Waals surface area contributed by atoms with E-state index in [1.165, 1.54) is 151 Å². The van der Waals surface area contributed by atoms with Gasteiger partial charge in [0.15, 0.2) is 47.6 Å². The summed E-state index contributed by atoms with van der Waals surface area (Å²) in [5.41, 5.74) is 29.5. The maximum atomic E-state index is 4.49. The van der Waals surface area contributed by atoms with Crippen LogP contribution in [-0.2, 0) is 5.41 Å². The van der Waals surface area contributed by atoms with E-state index in [1.807, 2.05) is 12.3 Å². The molecular weight excluding hydrogens is 1590 g/mol. The van der Waals surface area contributed by atoms with Crippen LogP contribution in [0.5, 0.6) is 0 Å². The van der Waals surface area contributed by atoms with Gasteiger partial charge >= 0.3 is 0 Å². The summed E-state index contributed by atoms with van der Waals surface area (Å²) in [6.07, 6.45) is 36.3. The zero-order valence-electron chi connectivity index (χ0n) is 83.8. The van der Waals surface area contributed by atoms with E-state index in [1.54, 1.807) is 0 Å². The van der Waals surface area contributed by atoms with Crippen LogP contribution in [0.25, 0.3) is 50.0 Å². The van der Waals surface area contributed by atoms with Crippen molar-refractivity contribution in [2.24, 2.45) is 0 Å². The van der Waals surface area contributed by atoms with Gasteiger partial charge in [-0.05, 0) is 229 Å². The molecule has 5 atom stereocenters. The highest BCUT2D eigenvalue weighted by molar-refractivity contribution is 5.99. The summed E-state index contributed by atoms with van der Waals surface area (Å²) in [5.74, 6) is 0.992. The van der Waals surface area contributed by atoms with Crippen LogP contribution in [0.2, 0.25) is 0 Å². The van der Waals surface area contributed by atoms with Crippen LogP contribution in [-0.4, -0.2) is 90.5 Å². The highest BCUT2D eigenvalue weighted by Crippen LogP contribution is 2.42. The van der Waals surface area contributed by atoms with E-state index in [0.717, 1.165) is 5.82 Å². The van der Waals surface area contributed by atoms with Gasteiger partial charge in [0.25, 0.3) is 5.82 Å². The van der Waals surface area contributed by atoms with Gasteiger partial charge in [-0.15, -0.1) is 0 Å². The standard InChI is InChI=1S/2C24H28N3.C23H33N4.C22H30N3.C21H28N3/c1-17(2)25-14-15-27(20(25)5)23-16-21-11-6-7-12-22(21)24(19(23)4)26-13-9-8-10-18(26)3;1-17(2)25-14-15-27(20(25)5)24-19(4)23(26-13-9-8-10-18(26)3)16-21-11-6-7-12-22(21)24;1-16(2)25-12-13-27(19(25)5)22-15-20(23(6,7)8)14-21(17(22)3)26-11-9-10-24-18(26)4;1-15(2)23-12-13-25(20(23)7)22-17(4)14-16(3)21(19(22)6)24-11-9-8-10-18(24)5;1-15(2)22-11-12-24(19(22)6)21-14-16(3)13-20(18(21)5)23-10-8-7-9-17(23)4/h2*6-17,20H,1-5H3;9-16,19H,1-8H3;8-15,20H,1-7H3;7-15,19H,1-6H3/q5*+1/t2*20-;19-;20-;19-/m11111/s1. The lowest BCUT2D eigenvalue weighted by atomic mass is 9.85. The smallest absolute Gasteiger partial charge is 0.300 e. The summed E-state index contributed by atoms with van der Waals surface area (Å²) in [6.45, 7) is 69.1. The van der Waals surface area contributed by atoms with E-state index in [9.17, 15) is 0 Å². The van der Waals surface area contributed by atoms with Crippen molar-refractivity contribution in [3.05, 3.63) is 348 Å². The molecule has 0 unspecified atom stereocenters. The van der Waals surface area contributed by atoms with Crippen molar-refractivity contribution in [2.45, 2.75) is 281 Å². The van der Waals surface area contributed by atoms with Crippen LogP contribution in [0.1, 0.15) is 203 Å². The van der Waals surface area contributed by atoms with Gasteiger partial charge in [-0.3, -0.25) is 0 Å². The van der Waals surface area contributed by atoms with E-state index in [-0.39, 0.29) is 5.41 Å². The van der Waals surface area contributed by atoms with Crippen molar-refractivity contribution in [3.63, 3.8) is 0 Å². The van der Waals surface area contributed by atoms with E-state index in [0.29, 0.717) is 61.0 Å². The van der Waals surface area contributed by atoms with Crippen molar-refractivity contribution in [1.82, 2.24) is 29.5 Å². The van der Waals surface area contributed by atoms with E-state index < -0.39 is 0 Å². The van der Waals surface area contributed by atoms with Crippen molar-refractivity contribution < 1.29 is 22.8 Å². The Morgan fingerprint density at radius 1 is 0.292 bits per heavy atom. The molecule has 12 aromatic rings. The second-order valence-electron chi connectivity index (χ2n) is 38.6. The molecule has 16 nitrogen and oxygen atoms in total. The zero-order chi connectivity index (χ0) is 93.9. The second kappa shape index (κ2) is 39.8. The monoisotopic (exact) mass is 1740 g/mol. The van der Waals surface area contributed by atoms with Gasteiger partial charge in [0.1, 0.15) is 48.9 Å². The number of aromatic nitrogens is 6. The number of hydrogen-bond donors (Lipinski definition) is 0. The van der Waals surface area contributed by atoms with Crippen molar-refractivity contribution in [2.75, 3.05) is 24.5 Å². The predicted octanol–water partition coefficient (Wildman–Crippen LogP) is 23.6. The number of hydrogen-bond acceptors (Lipinski definition) is 11. The quantitative estimate of drug-likeness (QED) is 0.0922. The largest absolute Gasteiger partial charge is 0.353 e. The number of pyridine rings is 4. The van der Waals surface area contributed by atoms with Crippen molar-refractivity contribution in [3.8, 4) is 28.4 Å². The molecule has 0 saturated carbocycles. The van der Waals surface area contributed by atoms with Crippen LogP contribution in [0.4, 0.5) is 28.4 Å². The molecule has 678 valence electrons. The van der Waals surface area contributed by atoms with E-state index in [4.69, 9.17) is 0 Å². The lowest BCUT2D eigenvalue weighted by molar-refractivity contribution is -0.606. The molecule has 0 N–H and O–H groups in total. The van der Waals surface area contributed by atoms with Crippen LogP contribution in [0.3, 0.4) is 0 Å². The van der Waals surface area contributed by atoms with Crippen LogP contribution >= 0.6 is 0 Å². The highest BCUT2D eigenvalue weighted by Gasteiger charge is 2.37. The van der Waals surface area contributed by atoms with Gasteiger partial charge in [-0.2, -0.15) is 18.3 Å². The third-order valence-electron chi connectivity index (χ3n) is 27.0. The SMILES string of the molecule is Cc1c(-[n+]2ccccc2C)cc2ccccc2c1N1C=CN(C(C)C)[C@H]1C.Cc1c(N2C=CN(C(C)C)[C@H]2C)cc(C(C)(C)C)cc1-[n+]1cccnc1C.Cc1c(N2C=CN(C(C)C)[C@H]2C)cc2ccccc2c1-[n+]1ccccc1C.Cc1cc(C)c(-[n+]2ccccc2C)c(C)c1N1C=CN(C(C)C)[C@H]1C.Cc1cc(N2C=CN(C(C)C)[C@H]2C)c(C)c(-[n+]2ccccc2C)c1. The fourth-order valence-corrected chi connectivity index (χ4v) is 19.9. The summed E-state index contributed by atoms with van der Waals surface area (Å²) in [4.78, 5) is 28.5. The molecule has 0 saturated heterocycles. The molecule has 5 aliphatic heterocycles. The molecule has 0 spiro atoms. The maximum Gasteiger partial charge on any atom is 0.300 e. The Bertz CT molecular complexity index is 6230. The normalized spacial score (nSPS) is 17.0. The Labute approximate surface area is 779 Å². The lowest BCUT2D eigenvalue weighted by Crippen LogP contribution is -2.41. The third-order valence-corrected chi connectivity index (χ3v) is 27.0. The molecule has 0 bridgehead atoms. The molecule has 0 radical (unpaired) electrons. The van der Waals surface area contributed by atoms with Gasteiger partial charge in [-0.25, -0.2) is 4.57 Å². The summed E-state index contributed by atoms with van der Waals surface area (Å²) in [7, 11) is 0. The van der Waals surface area contributed by atoms with Crippen molar-refractivity contribution in [1.29, 1.82) is 0 Å². The molecular formula is C114H147N16+5. The number of rotatable bonds is 15. The van der Waals surface area contributed by atoms with Gasteiger partial charge in [0, 0.05) is 238 Å². The molecule has 0 amide bonds. The molecule has 17 rings (SSSR count). The molecule has 5 aliphatic rings. The van der Waals surface area contributed by atoms with Gasteiger partial charge in [0.2, 0.25) is 22.7 Å². The first kappa shape index (κ1) is 95.0. The Balaban J connectivity index is 0.000000139. The Kier molecular flexibility index (Phi) is 29.1. The summed E-state index contributed by atoms with van der Waals surface area (Å²) in [6, 6.07) is 63.4. The predicted molar refractivity (Wildman–Crippen MR) is 543 cm³/mol. The van der Waals surface area contributed by atoms with Crippen LogP contribution in [0.15, 0.2) is 269 Å². The number of anilines is 5. The topological polar surface area (TPSA) is 64.7 Å². The van der Waals surface area contributed by atoms with Gasteiger partial charge in [-0.1, -0.05) is 92.5 Å². The summed E-state index contributed by atoms with van der Waals surface area (Å²) in [5, 5.41) is 5.13. The first-order chi connectivity index (χ1) is 61.8. The van der Waals surface area contributed by atoms with Crippen LogP contribution < -0.4 is 47.3 Å². The Hall–Kier alpha value is -12.6. The maximum absolute atomic E-state index is 4.49. The molecule has 7 aromatic carbocycles. The van der Waals surface area contributed by atoms with Gasteiger partial charge in [0.05, 0.1) is 28.1 Å². The van der Waals surface area contributed by atoms with Crippen molar-refractivity contribution >= 4 is 50.0 Å². The zero-order valence-corrected chi connectivity index (χ0v) is 83.8. The summed E-state index contributed by atoms with van der Waals surface area (Å²) < 4.78 is 11.4. The average molecular weight is 1740 g/mol. The first-order valence-corrected chi connectivity index (χ1v) is 47.2. The molecule has 0 fully saturated rings. The molecule has 0 aliphatic carbocycles.